The minimum absolute atomic E-state index is 0.110. The van der Waals surface area contributed by atoms with Crippen LogP contribution in [-0.2, 0) is 26.2 Å². The molecular formula is C22H21NO4S. The monoisotopic (exact) mass is 395 g/mol. The molecule has 28 heavy (non-hydrogen) atoms. The van der Waals surface area contributed by atoms with Gasteiger partial charge in [-0.05, 0) is 28.8 Å². The number of esters is 1. The third-order valence-corrected chi connectivity index (χ3v) is 6.08. The number of ether oxygens (including phenoxy) is 1. The first-order valence-electron chi connectivity index (χ1n) is 8.78. The second-order valence-corrected chi connectivity index (χ2v) is 8.34. The summed E-state index contributed by atoms with van der Waals surface area (Å²) in [6, 6.07) is 25.5. The molecule has 0 radical (unpaired) electrons. The van der Waals surface area contributed by atoms with Gasteiger partial charge in [-0.15, -0.1) is 0 Å². The standard InChI is InChI=1S/C22H21NO4S/c1-23(16-22(24)27-17-18-8-4-2-5-9-18)28(25,26)21-14-12-20(13-15-21)19-10-6-3-7-11-19/h2-15H,16-17H2,1H3. The Morgan fingerprint density at radius 2 is 1.36 bits per heavy atom. The number of carbonyl (C=O) groups is 1. The molecule has 3 aromatic rings. The van der Waals surface area contributed by atoms with E-state index in [-0.39, 0.29) is 18.0 Å². The molecule has 0 aliphatic rings. The Hall–Kier alpha value is -2.96. The third-order valence-electron chi connectivity index (χ3n) is 4.26. The molecule has 5 nitrogen and oxygen atoms in total. The van der Waals surface area contributed by atoms with E-state index in [1.165, 1.54) is 7.05 Å². The lowest BCUT2D eigenvalue weighted by molar-refractivity contribution is -0.144. The summed E-state index contributed by atoms with van der Waals surface area (Å²) in [6.45, 7) is -0.241. The topological polar surface area (TPSA) is 63.7 Å². The number of hydrogen-bond acceptors (Lipinski definition) is 4. The fourth-order valence-corrected chi connectivity index (χ4v) is 3.80. The molecule has 3 aromatic carbocycles. The van der Waals surface area contributed by atoms with Gasteiger partial charge in [0.05, 0.1) is 4.90 Å². The molecule has 0 aromatic heterocycles. The van der Waals surface area contributed by atoms with Gasteiger partial charge in [0.15, 0.2) is 0 Å². The summed E-state index contributed by atoms with van der Waals surface area (Å²) < 4.78 is 31.6. The highest BCUT2D eigenvalue weighted by Crippen LogP contribution is 2.22. The van der Waals surface area contributed by atoms with Crippen molar-refractivity contribution in [3.05, 3.63) is 90.5 Å². The van der Waals surface area contributed by atoms with Gasteiger partial charge in [0, 0.05) is 7.05 Å². The molecule has 0 amide bonds. The smallest absolute Gasteiger partial charge is 0.321 e. The molecule has 0 bridgehead atoms. The van der Waals surface area contributed by atoms with Crippen LogP contribution in [-0.4, -0.2) is 32.3 Å². The number of rotatable bonds is 7. The summed E-state index contributed by atoms with van der Waals surface area (Å²) >= 11 is 0. The highest BCUT2D eigenvalue weighted by atomic mass is 32.2. The van der Waals surface area contributed by atoms with Crippen LogP contribution in [0.1, 0.15) is 5.56 Å². The maximum atomic E-state index is 12.7. The van der Waals surface area contributed by atoms with Crippen LogP contribution in [0, 0.1) is 0 Å². The van der Waals surface area contributed by atoms with Crippen molar-refractivity contribution in [3.63, 3.8) is 0 Å². The Morgan fingerprint density at radius 3 is 1.96 bits per heavy atom. The lowest BCUT2D eigenvalue weighted by Gasteiger charge is -2.17. The number of benzene rings is 3. The average molecular weight is 395 g/mol. The Kier molecular flexibility index (Phi) is 6.23. The van der Waals surface area contributed by atoms with Crippen LogP contribution in [0.15, 0.2) is 89.8 Å². The van der Waals surface area contributed by atoms with Gasteiger partial charge in [-0.1, -0.05) is 72.8 Å². The molecule has 0 atom stereocenters. The normalized spacial score (nSPS) is 11.4. The average Bonchev–Trinajstić information content (AvgIpc) is 2.73. The van der Waals surface area contributed by atoms with E-state index >= 15 is 0 Å². The van der Waals surface area contributed by atoms with Gasteiger partial charge in [0.25, 0.3) is 0 Å². The van der Waals surface area contributed by atoms with E-state index in [4.69, 9.17) is 4.74 Å². The van der Waals surface area contributed by atoms with Crippen LogP contribution in [0.4, 0.5) is 0 Å². The summed E-state index contributed by atoms with van der Waals surface area (Å²) in [6.07, 6.45) is 0. The fraction of sp³-hybridized carbons (Fsp3) is 0.136. The van der Waals surface area contributed by atoms with Crippen molar-refractivity contribution < 1.29 is 17.9 Å². The van der Waals surface area contributed by atoms with E-state index in [0.29, 0.717) is 0 Å². The van der Waals surface area contributed by atoms with E-state index in [9.17, 15) is 13.2 Å². The van der Waals surface area contributed by atoms with Gasteiger partial charge in [0.2, 0.25) is 10.0 Å². The Balaban J connectivity index is 1.63. The van der Waals surface area contributed by atoms with Crippen LogP contribution < -0.4 is 0 Å². The second kappa shape index (κ2) is 8.82. The van der Waals surface area contributed by atoms with Crippen molar-refractivity contribution >= 4 is 16.0 Å². The molecule has 0 aliphatic carbocycles. The molecule has 0 aliphatic heterocycles. The highest BCUT2D eigenvalue weighted by Gasteiger charge is 2.23. The van der Waals surface area contributed by atoms with Crippen LogP contribution >= 0.6 is 0 Å². The van der Waals surface area contributed by atoms with Crippen molar-refractivity contribution in [2.45, 2.75) is 11.5 Å². The molecule has 0 fully saturated rings. The summed E-state index contributed by atoms with van der Waals surface area (Å²) in [5, 5.41) is 0. The summed E-state index contributed by atoms with van der Waals surface area (Å²) in [5.74, 6) is -0.601. The van der Waals surface area contributed by atoms with Crippen LogP contribution in [0.5, 0.6) is 0 Å². The van der Waals surface area contributed by atoms with Gasteiger partial charge in [0.1, 0.15) is 13.2 Å². The number of sulfonamides is 1. The maximum Gasteiger partial charge on any atom is 0.321 e. The van der Waals surface area contributed by atoms with Gasteiger partial charge in [-0.25, -0.2) is 8.42 Å². The summed E-state index contributed by atoms with van der Waals surface area (Å²) in [4.78, 5) is 12.1. The quantitative estimate of drug-likeness (QED) is 0.572. The molecule has 0 N–H and O–H groups in total. The van der Waals surface area contributed by atoms with E-state index in [1.54, 1.807) is 24.3 Å². The summed E-state index contributed by atoms with van der Waals surface area (Å²) in [5.41, 5.74) is 2.77. The molecule has 3 rings (SSSR count). The van der Waals surface area contributed by atoms with Crippen LogP contribution in [0.3, 0.4) is 0 Å². The van der Waals surface area contributed by atoms with Gasteiger partial charge in [-0.3, -0.25) is 4.79 Å². The van der Waals surface area contributed by atoms with Gasteiger partial charge >= 0.3 is 5.97 Å². The molecule has 0 spiro atoms. The lowest BCUT2D eigenvalue weighted by atomic mass is 10.1. The number of hydrogen-bond donors (Lipinski definition) is 0. The fourth-order valence-electron chi connectivity index (χ4n) is 2.68. The number of carbonyl (C=O) groups excluding carboxylic acids is 1. The Bertz CT molecular complexity index is 1020. The number of likely N-dealkylation sites (N-methyl/N-ethyl adjacent to an activating group) is 1. The zero-order valence-electron chi connectivity index (χ0n) is 15.5. The predicted molar refractivity (Wildman–Crippen MR) is 108 cm³/mol. The van der Waals surface area contributed by atoms with E-state index in [2.05, 4.69) is 0 Å². The third kappa shape index (κ3) is 4.85. The minimum atomic E-state index is -3.78. The van der Waals surface area contributed by atoms with Gasteiger partial charge in [-0.2, -0.15) is 4.31 Å². The van der Waals surface area contributed by atoms with Crippen molar-refractivity contribution in [3.8, 4) is 11.1 Å². The van der Waals surface area contributed by atoms with Crippen LogP contribution in [0.2, 0.25) is 0 Å². The molecule has 0 heterocycles. The number of nitrogens with zero attached hydrogens (tertiary/aromatic N) is 1. The first kappa shape index (κ1) is 19.8. The van der Waals surface area contributed by atoms with Crippen molar-refractivity contribution in [1.82, 2.24) is 4.31 Å². The highest BCUT2D eigenvalue weighted by molar-refractivity contribution is 7.89. The SMILES string of the molecule is CN(CC(=O)OCc1ccccc1)S(=O)(=O)c1ccc(-c2ccccc2)cc1. The Labute approximate surface area is 165 Å². The molecule has 0 unspecified atom stereocenters. The lowest BCUT2D eigenvalue weighted by Crippen LogP contribution is -2.33. The molecular weight excluding hydrogens is 374 g/mol. The van der Waals surface area contributed by atoms with E-state index in [0.717, 1.165) is 21.0 Å². The van der Waals surface area contributed by atoms with Gasteiger partial charge < -0.3 is 4.74 Å². The predicted octanol–water partition coefficient (Wildman–Crippen LogP) is 3.72. The first-order chi connectivity index (χ1) is 13.5. The second-order valence-electron chi connectivity index (χ2n) is 6.30. The largest absolute Gasteiger partial charge is 0.460 e. The zero-order valence-corrected chi connectivity index (χ0v) is 16.3. The Morgan fingerprint density at radius 1 is 0.821 bits per heavy atom. The van der Waals surface area contributed by atoms with Crippen LogP contribution in [0.25, 0.3) is 11.1 Å². The van der Waals surface area contributed by atoms with E-state index in [1.807, 2.05) is 60.7 Å². The van der Waals surface area contributed by atoms with E-state index < -0.39 is 16.0 Å². The summed E-state index contributed by atoms with van der Waals surface area (Å²) in [7, 11) is -2.42. The minimum Gasteiger partial charge on any atom is -0.460 e. The van der Waals surface area contributed by atoms with Crippen molar-refractivity contribution in [2.75, 3.05) is 13.6 Å². The molecule has 0 saturated heterocycles. The zero-order chi connectivity index (χ0) is 20.0. The van der Waals surface area contributed by atoms with Crippen molar-refractivity contribution in [1.29, 1.82) is 0 Å². The molecule has 144 valence electrons. The molecule has 0 saturated carbocycles. The maximum absolute atomic E-state index is 12.7. The molecule has 6 heteroatoms. The van der Waals surface area contributed by atoms with Crippen molar-refractivity contribution in [2.24, 2.45) is 0 Å². The first-order valence-corrected chi connectivity index (χ1v) is 10.2.